The molecular formula is C14H19FN2O3. The summed E-state index contributed by atoms with van der Waals surface area (Å²) in [6, 6.07) is 1.35. The van der Waals surface area contributed by atoms with E-state index in [9.17, 15) is 4.39 Å². The predicted octanol–water partition coefficient (Wildman–Crippen LogP) is 1.51. The fourth-order valence-corrected chi connectivity index (χ4v) is 3.14. The van der Waals surface area contributed by atoms with Crippen molar-refractivity contribution >= 4 is 0 Å². The number of hydrogen-bond acceptors (Lipinski definition) is 5. The summed E-state index contributed by atoms with van der Waals surface area (Å²) in [5.41, 5.74) is 6.50. The van der Waals surface area contributed by atoms with E-state index in [2.05, 4.69) is 4.90 Å². The molecule has 3 rings (SSSR count). The van der Waals surface area contributed by atoms with E-state index in [1.807, 2.05) is 7.05 Å². The number of fused-ring (bicyclic) bond motifs is 1. The average Bonchev–Trinajstić information content (AvgIpc) is 3.03. The third kappa shape index (κ3) is 1.99. The molecule has 0 amide bonds. The molecule has 2 aliphatic heterocycles. The maximum atomic E-state index is 14.2. The highest BCUT2D eigenvalue weighted by Gasteiger charge is 2.37. The summed E-state index contributed by atoms with van der Waals surface area (Å²) in [6.45, 7) is 1.63. The molecule has 1 saturated heterocycles. The molecule has 20 heavy (non-hydrogen) atoms. The van der Waals surface area contributed by atoms with Gasteiger partial charge in [-0.2, -0.15) is 0 Å². The summed E-state index contributed by atoms with van der Waals surface area (Å²) in [7, 11) is 3.48. The van der Waals surface area contributed by atoms with Crippen LogP contribution in [0.4, 0.5) is 4.39 Å². The second-order valence-electron chi connectivity index (χ2n) is 5.33. The molecular weight excluding hydrogens is 263 g/mol. The zero-order chi connectivity index (χ0) is 14.3. The second kappa shape index (κ2) is 5.10. The Morgan fingerprint density at radius 2 is 2.30 bits per heavy atom. The first kappa shape index (κ1) is 13.5. The molecule has 0 spiro atoms. The van der Waals surface area contributed by atoms with Crippen LogP contribution in [-0.4, -0.2) is 38.9 Å². The number of rotatable bonds is 3. The SMILES string of the molecule is COc1c(F)cc2c(c1C1CC(CN)CN1C)OCO2. The van der Waals surface area contributed by atoms with Crippen LogP contribution < -0.4 is 19.9 Å². The molecule has 0 saturated carbocycles. The van der Waals surface area contributed by atoms with E-state index < -0.39 is 5.82 Å². The van der Waals surface area contributed by atoms with Gasteiger partial charge in [-0.15, -0.1) is 0 Å². The minimum atomic E-state index is -0.420. The highest BCUT2D eigenvalue weighted by Crippen LogP contribution is 2.50. The number of nitrogens with two attached hydrogens (primary N) is 1. The van der Waals surface area contributed by atoms with Gasteiger partial charge in [-0.25, -0.2) is 4.39 Å². The van der Waals surface area contributed by atoms with Crippen LogP contribution >= 0.6 is 0 Å². The van der Waals surface area contributed by atoms with Gasteiger partial charge in [-0.1, -0.05) is 0 Å². The monoisotopic (exact) mass is 282 g/mol. The fraction of sp³-hybridized carbons (Fsp3) is 0.571. The molecule has 2 aliphatic rings. The molecule has 1 aromatic carbocycles. The Balaban J connectivity index is 2.08. The van der Waals surface area contributed by atoms with Crippen molar-refractivity contribution in [2.75, 3.05) is 34.0 Å². The summed E-state index contributed by atoms with van der Waals surface area (Å²) in [5.74, 6) is 1.26. The van der Waals surface area contributed by atoms with Crippen molar-refractivity contribution in [1.29, 1.82) is 0 Å². The Morgan fingerprint density at radius 3 is 2.95 bits per heavy atom. The summed E-state index contributed by atoms with van der Waals surface area (Å²) < 4.78 is 30.3. The first-order valence-corrected chi connectivity index (χ1v) is 6.72. The quantitative estimate of drug-likeness (QED) is 0.911. The normalized spacial score (nSPS) is 25.2. The number of nitrogens with zero attached hydrogens (tertiary/aromatic N) is 1. The standard InChI is InChI=1S/C14H19FN2O3/c1-17-6-8(5-16)3-10(17)12-13(18-2)9(15)4-11-14(12)20-7-19-11/h4,8,10H,3,5-7,16H2,1-2H3. The molecule has 0 bridgehead atoms. The van der Waals surface area contributed by atoms with E-state index in [0.29, 0.717) is 24.0 Å². The van der Waals surface area contributed by atoms with Crippen LogP contribution in [0, 0.1) is 11.7 Å². The van der Waals surface area contributed by atoms with Crippen LogP contribution in [0.25, 0.3) is 0 Å². The lowest BCUT2D eigenvalue weighted by Gasteiger charge is -2.23. The summed E-state index contributed by atoms with van der Waals surface area (Å²) in [4.78, 5) is 2.16. The smallest absolute Gasteiger partial charge is 0.231 e. The van der Waals surface area contributed by atoms with Gasteiger partial charge in [0.05, 0.1) is 12.7 Å². The van der Waals surface area contributed by atoms with Gasteiger partial charge >= 0.3 is 0 Å². The van der Waals surface area contributed by atoms with Gasteiger partial charge < -0.3 is 19.9 Å². The number of methoxy groups -OCH3 is 1. The van der Waals surface area contributed by atoms with E-state index in [0.717, 1.165) is 18.5 Å². The molecule has 2 heterocycles. The van der Waals surface area contributed by atoms with Crippen molar-refractivity contribution in [3.63, 3.8) is 0 Å². The third-order valence-corrected chi connectivity index (χ3v) is 4.11. The molecule has 1 aromatic rings. The Hall–Kier alpha value is -1.53. The highest BCUT2D eigenvalue weighted by atomic mass is 19.1. The lowest BCUT2D eigenvalue weighted by molar-refractivity contribution is 0.171. The van der Waals surface area contributed by atoms with Gasteiger partial charge in [-0.05, 0) is 25.9 Å². The summed E-state index contributed by atoms with van der Waals surface area (Å²) in [6.07, 6.45) is 0.864. The van der Waals surface area contributed by atoms with E-state index in [4.69, 9.17) is 19.9 Å². The zero-order valence-corrected chi connectivity index (χ0v) is 11.7. The van der Waals surface area contributed by atoms with E-state index >= 15 is 0 Å². The Kier molecular flexibility index (Phi) is 3.43. The first-order chi connectivity index (χ1) is 9.65. The van der Waals surface area contributed by atoms with Crippen LogP contribution in [0.3, 0.4) is 0 Å². The molecule has 6 heteroatoms. The molecule has 1 fully saturated rings. The molecule has 0 aromatic heterocycles. The average molecular weight is 282 g/mol. The molecule has 110 valence electrons. The lowest BCUT2D eigenvalue weighted by Crippen LogP contribution is -2.21. The zero-order valence-electron chi connectivity index (χ0n) is 11.7. The largest absolute Gasteiger partial charge is 0.493 e. The Morgan fingerprint density at radius 1 is 1.50 bits per heavy atom. The van der Waals surface area contributed by atoms with Crippen LogP contribution in [-0.2, 0) is 0 Å². The van der Waals surface area contributed by atoms with Crippen molar-refractivity contribution < 1.29 is 18.6 Å². The summed E-state index contributed by atoms with van der Waals surface area (Å²) in [5, 5.41) is 0. The number of hydrogen-bond donors (Lipinski definition) is 1. The summed E-state index contributed by atoms with van der Waals surface area (Å²) >= 11 is 0. The molecule has 2 atom stereocenters. The van der Waals surface area contributed by atoms with Crippen LogP contribution in [0.2, 0.25) is 0 Å². The van der Waals surface area contributed by atoms with Crippen molar-refractivity contribution in [1.82, 2.24) is 4.90 Å². The number of ether oxygens (including phenoxy) is 3. The number of halogens is 1. The number of likely N-dealkylation sites (tertiary alicyclic amines) is 1. The predicted molar refractivity (Wildman–Crippen MR) is 71.6 cm³/mol. The maximum Gasteiger partial charge on any atom is 0.231 e. The molecule has 0 radical (unpaired) electrons. The molecule has 5 nitrogen and oxygen atoms in total. The first-order valence-electron chi connectivity index (χ1n) is 6.72. The van der Waals surface area contributed by atoms with E-state index in [1.54, 1.807) is 0 Å². The topological polar surface area (TPSA) is 57.0 Å². The van der Waals surface area contributed by atoms with Gasteiger partial charge in [0, 0.05) is 18.7 Å². The third-order valence-electron chi connectivity index (χ3n) is 4.11. The molecule has 2 N–H and O–H groups in total. The second-order valence-corrected chi connectivity index (χ2v) is 5.33. The van der Waals surface area contributed by atoms with Crippen molar-refractivity contribution in [2.24, 2.45) is 11.7 Å². The maximum absolute atomic E-state index is 14.2. The van der Waals surface area contributed by atoms with Crippen molar-refractivity contribution in [3.8, 4) is 17.2 Å². The van der Waals surface area contributed by atoms with Gasteiger partial charge in [0.1, 0.15) is 0 Å². The van der Waals surface area contributed by atoms with Crippen molar-refractivity contribution in [3.05, 3.63) is 17.4 Å². The van der Waals surface area contributed by atoms with Gasteiger partial charge in [0.15, 0.2) is 23.1 Å². The van der Waals surface area contributed by atoms with E-state index in [-0.39, 0.29) is 18.6 Å². The molecule has 0 aliphatic carbocycles. The fourth-order valence-electron chi connectivity index (χ4n) is 3.14. The number of benzene rings is 1. The van der Waals surface area contributed by atoms with Gasteiger partial charge in [0.25, 0.3) is 0 Å². The van der Waals surface area contributed by atoms with Gasteiger partial charge in [-0.3, -0.25) is 4.90 Å². The van der Waals surface area contributed by atoms with Gasteiger partial charge in [0.2, 0.25) is 6.79 Å². The van der Waals surface area contributed by atoms with Crippen LogP contribution in [0.5, 0.6) is 17.2 Å². The minimum Gasteiger partial charge on any atom is -0.493 e. The van der Waals surface area contributed by atoms with Crippen molar-refractivity contribution in [2.45, 2.75) is 12.5 Å². The Labute approximate surface area is 117 Å². The highest BCUT2D eigenvalue weighted by molar-refractivity contribution is 5.57. The minimum absolute atomic E-state index is 0.0321. The van der Waals surface area contributed by atoms with Crippen LogP contribution in [0.1, 0.15) is 18.0 Å². The Bertz CT molecular complexity index is 520. The van der Waals surface area contributed by atoms with Crippen LogP contribution in [0.15, 0.2) is 6.07 Å². The van der Waals surface area contributed by atoms with E-state index in [1.165, 1.54) is 13.2 Å². The lowest BCUT2D eigenvalue weighted by atomic mass is 9.97. The molecule has 2 unspecified atom stereocenters.